The van der Waals surface area contributed by atoms with Gasteiger partial charge < -0.3 is 9.30 Å². The number of benzene rings is 1. The number of ketones is 1. The van der Waals surface area contributed by atoms with Crippen LogP contribution in [0, 0.1) is 0 Å². The predicted molar refractivity (Wildman–Crippen MR) is 69.1 cm³/mol. The van der Waals surface area contributed by atoms with Crippen LogP contribution < -0.4 is 4.74 Å². The van der Waals surface area contributed by atoms with Gasteiger partial charge in [-0.05, 0) is 6.07 Å². The van der Waals surface area contributed by atoms with Gasteiger partial charge in [-0.2, -0.15) is 0 Å². The Kier molecular flexibility index (Phi) is 2.40. The molecule has 1 aromatic heterocycles. The molecule has 1 aliphatic heterocycles. The largest absolute Gasteiger partial charge is 0.495 e. The summed E-state index contributed by atoms with van der Waals surface area (Å²) in [7, 11) is 3.66. The Morgan fingerprint density at radius 2 is 2.24 bits per heavy atom. The Morgan fingerprint density at radius 3 is 3.00 bits per heavy atom. The molecular weight excluding hydrogens is 234 g/mol. The summed E-state index contributed by atoms with van der Waals surface area (Å²) in [5.74, 6) is 1.95. The van der Waals surface area contributed by atoms with E-state index in [1.807, 2.05) is 25.2 Å². The van der Waals surface area contributed by atoms with Gasteiger partial charge in [-0.3, -0.25) is 4.79 Å². The van der Waals surface area contributed by atoms with E-state index in [0.717, 1.165) is 33.0 Å². The average molecular weight is 247 g/mol. The maximum absolute atomic E-state index is 12.0. The fourth-order valence-corrected chi connectivity index (χ4v) is 3.56. The Labute approximate surface area is 104 Å². The predicted octanol–water partition coefficient (Wildman–Crippen LogP) is 2.87. The van der Waals surface area contributed by atoms with Crippen LogP contribution >= 0.6 is 11.8 Å². The molecule has 2 heterocycles. The van der Waals surface area contributed by atoms with Crippen LogP contribution in [-0.4, -0.2) is 23.2 Å². The SMILES string of the molecule is COc1cccc2c3c(n(C)c12)SCCC3=O. The molecule has 0 radical (unpaired) electrons. The molecule has 0 unspecified atom stereocenters. The van der Waals surface area contributed by atoms with Gasteiger partial charge in [0.1, 0.15) is 5.75 Å². The molecule has 3 nitrogen and oxygen atoms in total. The first-order chi connectivity index (χ1) is 8.24. The molecule has 0 amide bonds. The highest BCUT2D eigenvalue weighted by Crippen LogP contribution is 2.40. The molecule has 17 heavy (non-hydrogen) atoms. The van der Waals surface area contributed by atoms with Gasteiger partial charge in [0, 0.05) is 24.6 Å². The zero-order valence-corrected chi connectivity index (χ0v) is 10.6. The minimum atomic E-state index is 0.248. The van der Waals surface area contributed by atoms with E-state index in [2.05, 4.69) is 4.57 Å². The summed E-state index contributed by atoms with van der Waals surface area (Å²) in [6.07, 6.45) is 0.633. The summed E-state index contributed by atoms with van der Waals surface area (Å²) in [6.45, 7) is 0. The van der Waals surface area contributed by atoms with Crippen molar-refractivity contribution in [2.75, 3.05) is 12.9 Å². The van der Waals surface area contributed by atoms with Crippen molar-refractivity contribution in [3.05, 3.63) is 23.8 Å². The van der Waals surface area contributed by atoms with Crippen LogP contribution in [-0.2, 0) is 7.05 Å². The fraction of sp³-hybridized carbons (Fsp3) is 0.308. The number of fused-ring (bicyclic) bond motifs is 3. The highest BCUT2D eigenvalue weighted by Gasteiger charge is 2.26. The van der Waals surface area contributed by atoms with E-state index >= 15 is 0 Å². The minimum absolute atomic E-state index is 0.248. The third-order valence-electron chi connectivity index (χ3n) is 3.19. The monoisotopic (exact) mass is 247 g/mol. The molecule has 1 aromatic carbocycles. The number of thioether (sulfide) groups is 1. The number of hydrogen-bond donors (Lipinski definition) is 0. The Balaban J connectivity index is 2.44. The number of ether oxygens (including phenoxy) is 1. The first-order valence-corrected chi connectivity index (χ1v) is 6.54. The van der Waals surface area contributed by atoms with Gasteiger partial charge in [-0.15, -0.1) is 11.8 Å². The summed E-state index contributed by atoms with van der Waals surface area (Å²) in [6, 6.07) is 5.87. The van der Waals surface area contributed by atoms with E-state index in [-0.39, 0.29) is 5.78 Å². The Hall–Kier alpha value is -1.42. The maximum atomic E-state index is 12.0. The second-order valence-electron chi connectivity index (χ2n) is 4.12. The molecule has 0 atom stereocenters. The highest BCUT2D eigenvalue weighted by molar-refractivity contribution is 7.99. The van der Waals surface area contributed by atoms with Crippen molar-refractivity contribution in [3.63, 3.8) is 0 Å². The van der Waals surface area contributed by atoms with E-state index in [9.17, 15) is 4.79 Å². The molecule has 0 spiro atoms. The number of methoxy groups -OCH3 is 1. The number of nitrogens with zero attached hydrogens (tertiary/aromatic N) is 1. The number of Topliss-reactive ketones (excluding diaryl/α,β-unsaturated/α-hetero) is 1. The minimum Gasteiger partial charge on any atom is -0.495 e. The summed E-state index contributed by atoms with van der Waals surface area (Å²) in [5, 5.41) is 2.08. The smallest absolute Gasteiger partial charge is 0.167 e. The first kappa shape index (κ1) is 10.7. The van der Waals surface area contributed by atoms with Gasteiger partial charge in [0.05, 0.1) is 23.2 Å². The van der Waals surface area contributed by atoms with E-state index in [4.69, 9.17) is 4.74 Å². The molecule has 0 bridgehead atoms. The lowest BCUT2D eigenvalue weighted by Crippen LogP contribution is -2.08. The number of aryl methyl sites for hydroxylation is 1. The van der Waals surface area contributed by atoms with Crippen LogP contribution in [0.15, 0.2) is 23.2 Å². The first-order valence-electron chi connectivity index (χ1n) is 5.55. The summed E-state index contributed by atoms with van der Waals surface area (Å²) < 4.78 is 7.45. The molecule has 3 rings (SSSR count). The standard InChI is InChI=1S/C13H13NO2S/c1-14-12-8(4-3-5-10(12)16-2)11-9(15)6-7-17-13(11)14/h3-5H,6-7H2,1-2H3. The Bertz CT molecular complexity index is 615. The van der Waals surface area contributed by atoms with Crippen molar-refractivity contribution < 1.29 is 9.53 Å². The third kappa shape index (κ3) is 1.40. The number of carbonyl (C=O) groups is 1. The van der Waals surface area contributed by atoms with Gasteiger partial charge in [0.15, 0.2) is 5.78 Å². The number of hydrogen-bond acceptors (Lipinski definition) is 3. The van der Waals surface area contributed by atoms with Crippen molar-refractivity contribution in [2.45, 2.75) is 11.4 Å². The molecule has 0 saturated heterocycles. The van der Waals surface area contributed by atoms with E-state index in [0.29, 0.717) is 6.42 Å². The van der Waals surface area contributed by atoms with Gasteiger partial charge in [-0.25, -0.2) is 0 Å². The summed E-state index contributed by atoms with van der Waals surface area (Å²) in [4.78, 5) is 12.0. The Morgan fingerprint density at radius 1 is 1.41 bits per heavy atom. The van der Waals surface area contributed by atoms with Crippen LogP contribution in [0.25, 0.3) is 10.9 Å². The van der Waals surface area contributed by atoms with E-state index in [1.165, 1.54) is 0 Å². The van der Waals surface area contributed by atoms with Crippen LogP contribution in [0.2, 0.25) is 0 Å². The lowest BCUT2D eigenvalue weighted by Gasteiger charge is -2.11. The van der Waals surface area contributed by atoms with Crippen molar-refractivity contribution in [3.8, 4) is 5.75 Å². The van der Waals surface area contributed by atoms with Gasteiger partial charge in [0.25, 0.3) is 0 Å². The third-order valence-corrected chi connectivity index (χ3v) is 4.35. The fourth-order valence-electron chi connectivity index (χ4n) is 2.42. The lowest BCUT2D eigenvalue weighted by molar-refractivity contribution is 0.0986. The number of rotatable bonds is 1. The molecule has 88 valence electrons. The molecule has 0 saturated carbocycles. The zero-order chi connectivity index (χ0) is 12.0. The van der Waals surface area contributed by atoms with Crippen molar-refractivity contribution >= 4 is 28.4 Å². The van der Waals surface area contributed by atoms with Crippen molar-refractivity contribution in [1.29, 1.82) is 0 Å². The van der Waals surface area contributed by atoms with Crippen LogP contribution in [0.3, 0.4) is 0 Å². The van der Waals surface area contributed by atoms with Gasteiger partial charge >= 0.3 is 0 Å². The van der Waals surface area contributed by atoms with E-state index < -0.39 is 0 Å². The molecule has 0 fully saturated rings. The maximum Gasteiger partial charge on any atom is 0.167 e. The zero-order valence-electron chi connectivity index (χ0n) is 9.82. The van der Waals surface area contributed by atoms with Crippen molar-refractivity contribution in [1.82, 2.24) is 4.57 Å². The normalized spacial score (nSPS) is 15.1. The quantitative estimate of drug-likeness (QED) is 0.776. The molecule has 4 heteroatoms. The molecule has 0 N–H and O–H groups in total. The molecule has 2 aromatic rings. The highest BCUT2D eigenvalue weighted by atomic mass is 32.2. The topological polar surface area (TPSA) is 31.2 Å². The lowest BCUT2D eigenvalue weighted by atomic mass is 10.1. The van der Waals surface area contributed by atoms with Gasteiger partial charge in [0.2, 0.25) is 0 Å². The second-order valence-corrected chi connectivity index (χ2v) is 5.20. The average Bonchev–Trinajstić information content (AvgIpc) is 2.65. The van der Waals surface area contributed by atoms with Gasteiger partial charge in [-0.1, -0.05) is 12.1 Å². The second kappa shape index (κ2) is 3.81. The molecular formula is C13H13NO2S. The van der Waals surface area contributed by atoms with Crippen molar-refractivity contribution in [2.24, 2.45) is 7.05 Å². The summed E-state index contributed by atoms with van der Waals surface area (Å²) in [5.41, 5.74) is 1.89. The number of para-hydroxylation sites is 1. The number of aromatic nitrogens is 1. The van der Waals surface area contributed by atoms with Crippen LogP contribution in [0.1, 0.15) is 16.8 Å². The number of carbonyl (C=O) groups excluding carboxylic acids is 1. The van der Waals surface area contributed by atoms with E-state index in [1.54, 1.807) is 18.9 Å². The summed E-state index contributed by atoms with van der Waals surface area (Å²) >= 11 is 1.75. The van der Waals surface area contributed by atoms with Crippen LogP contribution in [0.5, 0.6) is 5.75 Å². The molecule has 1 aliphatic rings. The molecule has 0 aliphatic carbocycles. The van der Waals surface area contributed by atoms with Crippen LogP contribution in [0.4, 0.5) is 0 Å².